The van der Waals surface area contributed by atoms with E-state index in [1.165, 1.54) is 12.4 Å². The number of halogens is 3. The highest BCUT2D eigenvalue weighted by Gasteiger charge is 2.34. The van der Waals surface area contributed by atoms with Crippen LogP contribution in [0.3, 0.4) is 0 Å². The molecule has 0 radical (unpaired) electrons. The standard InChI is InChI=1S/C31H31Cl3N4O4/c1-16(2)38-27(12-26(36-38)31(39)40)18-5-3-17(4-6-18)21-10-9-20(11-23(21)32)41-15-22-29(37-42-30(22)19-7-8-19)28-24(33)13-35-14-25(28)34/h9-14,16-19H,3-8,15H2,1-2H3,(H,39,40)/t17-,18-. The molecule has 0 atom stereocenters. The molecule has 0 saturated heterocycles. The molecule has 4 aromatic rings. The summed E-state index contributed by atoms with van der Waals surface area (Å²) in [7, 11) is 0. The van der Waals surface area contributed by atoms with Gasteiger partial charge in [-0.2, -0.15) is 5.10 Å². The lowest BCUT2D eigenvalue weighted by atomic mass is 9.77. The number of nitrogens with zero attached hydrogens (tertiary/aromatic N) is 4. The number of carboxylic acids is 1. The molecule has 2 fully saturated rings. The number of hydrogen-bond acceptors (Lipinski definition) is 6. The summed E-state index contributed by atoms with van der Waals surface area (Å²) in [6.45, 7) is 4.29. The first kappa shape index (κ1) is 29.0. The maximum Gasteiger partial charge on any atom is 0.356 e. The van der Waals surface area contributed by atoms with Gasteiger partial charge in [0.05, 0.1) is 15.6 Å². The molecular weight excluding hydrogens is 599 g/mol. The molecule has 0 bridgehead atoms. The third kappa shape index (κ3) is 5.77. The van der Waals surface area contributed by atoms with Crippen molar-refractivity contribution >= 4 is 40.8 Å². The summed E-state index contributed by atoms with van der Waals surface area (Å²) in [5, 5.41) is 19.6. The zero-order chi connectivity index (χ0) is 29.5. The van der Waals surface area contributed by atoms with Crippen molar-refractivity contribution in [3.63, 3.8) is 0 Å². The van der Waals surface area contributed by atoms with E-state index in [-0.39, 0.29) is 24.3 Å². The lowest BCUT2D eigenvalue weighted by Crippen LogP contribution is -2.17. The Morgan fingerprint density at radius 3 is 2.29 bits per heavy atom. The van der Waals surface area contributed by atoms with Crippen LogP contribution in [0.2, 0.25) is 15.1 Å². The molecule has 1 N–H and O–H groups in total. The smallest absolute Gasteiger partial charge is 0.356 e. The number of carboxylic acid groups (broad SMARTS) is 1. The average Bonchev–Trinajstić information content (AvgIpc) is 3.55. The van der Waals surface area contributed by atoms with Crippen molar-refractivity contribution in [2.24, 2.45) is 0 Å². The summed E-state index contributed by atoms with van der Waals surface area (Å²) in [5.41, 5.74) is 4.20. The van der Waals surface area contributed by atoms with Crippen molar-refractivity contribution < 1.29 is 19.2 Å². The van der Waals surface area contributed by atoms with Crippen molar-refractivity contribution in [3.05, 3.63) is 80.0 Å². The van der Waals surface area contributed by atoms with Gasteiger partial charge in [0.2, 0.25) is 0 Å². The van der Waals surface area contributed by atoms with Gasteiger partial charge in [0.1, 0.15) is 23.8 Å². The van der Waals surface area contributed by atoms with Gasteiger partial charge < -0.3 is 14.4 Å². The highest BCUT2D eigenvalue weighted by atomic mass is 35.5. The largest absolute Gasteiger partial charge is 0.489 e. The minimum Gasteiger partial charge on any atom is -0.489 e. The molecule has 2 saturated carbocycles. The predicted octanol–water partition coefficient (Wildman–Crippen LogP) is 9.07. The van der Waals surface area contributed by atoms with Crippen LogP contribution >= 0.6 is 34.8 Å². The lowest BCUT2D eigenvalue weighted by Gasteiger charge is -2.30. The minimum atomic E-state index is -0.993. The second-order valence-electron chi connectivity index (χ2n) is 11.4. The van der Waals surface area contributed by atoms with Gasteiger partial charge >= 0.3 is 5.97 Å². The molecule has 6 rings (SSSR count). The van der Waals surface area contributed by atoms with E-state index < -0.39 is 5.97 Å². The van der Waals surface area contributed by atoms with Gasteiger partial charge in [0.25, 0.3) is 0 Å². The molecule has 3 aromatic heterocycles. The topological polar surface area (TPSA) is 103 Å². The van der Waals surface area contributed by atoms with Crippen molar-refractivity contribution in [3.8, 4) is 17.0 Å². The second kappa shape index (κ2) is 11.9. The monoisotopic (exact) mass is 628 g/mol. The Kier molecular flexibility index (Phi) is 8.22. The summed E-state index contributed by atoms with van der Waals surface area (Å²) in [5.74, 6) is 1.38. The van der Waals surface area contributed by atoms with Gasteiger partial charge in [-0.1, -0.05) is 46.0 Å². The van der Waals surface area contributed by atoms with Gasteiger partial charge in [-0.15, -0.1) is 0 Å². The molecule has 0 aliphatic heterocycles. The Bertz CT molecular complexity index is 1600. The third-order valence-electron chi connectivity index (χ3n) is 8.27. The molecule has 220 valence electrons. The lowest BCUT2D eigenvalue weighted by molar-refractivity contribution is 0.0689. The number of aromatic carboxylic acids is 1. The van der Waals surface area contributed by atoms with Crippen LogP contribution in [0.4, 0.5) is 0 Å². The number of ether oxygens (including phenoxy) is 1. The van der Waals surface area contributed by atoms with Gasteiger partial charge in [0, 0.05) is 46.6 Å². The van der Waals surface area contributed by atoms with Crippen LogP contribution in [0.5, 0.6) is 5.75 Å². The summed E-state index contributed by atoms with van der Waals surface area (Å²) < 4.78 is 13.8. The Labute approximate surface area is 258 Å². The second-order valence-corrected chi connectivity index (χ2v) is 12.7. The zero-order valence-corrected chi connectivity index (χ0v) is 25.6. The van der Waals surface area contributed by atoms with E-state index in [1.807, 2.05) is 30.7 Å². The van der Waals surface area contributed by atoms with E-state index in [0.717, 1.165) is 61.1 Å². The number of pyridine rings is 1. The SMILES string of the molecule is CC(C)n1nc(C(=O)O)cc1[C@H]1CC[C@H](c2ccc(OCc3c(-c4c(Cl)cncc4Cl)noc3C3CC3)cc2Cl)CC1. The Morgan fingerprint density at radius 1 is 1.00 bits per heavy atom. The fourth-order valence-electron chi connectivity index (χ4n) is 5.98. The van der Waals surface area contributed by atoms with E-state index in [1.54, 1.807) is 6.07 Å². The van der Waals surface area contributed by atoms with Gasteiger partial charge in [0.15, 0.2) is 5.69 Å². The zero-order valence-electron chi connectivity index (χ0n) is 23.3. The van der Waals surface area contributed by atoms with Crippen LogP contribution in [-0.4, -0.2) is 31.0 Å². The number of aromatic nitrogens is 4. The van der Waals surface area contributed by atoms with Crippen molar-refractivity contribution in [2.45, 2.75) is 82.8 Å². The number of carbonyl (C=O) groups is 1. The van der Waals surface area contributed by atoms with Crippen LogP contribution in [-0.2, 0) is 6.61 Å². The molecule has 2 aliphatic rings. The van der Waals surface area contributed by atoms with Gasteiger partial charge in [-0.25, -0.2) is 4.79 Å². The summed E-state index contributed by atoms with van der Waals surface area (Å²) in [4.78, 5) is 15.6. The van der Waals surface area contributed by atoms with Crippen molar-refractivity contribution in [1.82, 2.24) is 19.9 Å². The maximum absolute atomic E-state index is 11.5. The Balaban J connectivity index is 1.15. The van der Waals surface area contributed by atoms with E-state index in [0.29, 0.717) is 43.9 Å². The molecule has 2 aliphatic carbocycles. The quantitative estimate of drug-likeness (QED) is 0.197. The van der Waals surface area contributed by atoms with Gasteiger partial charge in [-0.05, 0) is 82.1 Å². The molecular formula is C31H31Cl3N4O4. The molecule has 0 unspecified atom stereocenters. The number of benzene rings is 1. The van der Waals surface area contributed by atoms with E-state index in [2.05, 4.69) is 21.3 Å². The fraction of sp³-hybridized carbons (Fsp3) is 0.419. The molecule has 3 heterocycles. The van der Waals surface area contributed by atoms with Crippen LogP contribution in [0.25, 0.3) is 11.3 Å². The van der Waals surface area contributed by atoms with Gasteiger partial charge in [-0.3, -0.25) is 9.67 Å². The first-order valence-corrected chi connectivity index (χ1v) is 15.4. The third-order valence-corrected chi connectivity index (χ3v) is 9.17. The summed E-state index contributed by atoms with van der Waals surface area (Å²) in [6.07, 6.45) is 8.96. The van der Waals surface area contributed by atoms with Crippen LogP contribution in [0.1, 0.15) is 109 Å². The molecule has 1 aromatic carbocycles. The maximum atomic E-state index is 11.5. The van der Waals surface area contributed by atoms with Crippen LogP contribution in [0, 0.1) is 0 Å². The first-order chi connectivity index (χ1) is 20.2. The number of rotatable bonds is 9. The molecule has 11 heteroatoms. The Hall–Kier alpha value is -3.07. The highest BCUT2D eigenvalue weighted by Crippen LogP contribution is 2.47. The number of hydrogen-bond donors (Lipinski definition) is 1. The van der Waals surface area contributed by atoms with E-state index in [4.69, 9.17) is 44.1 Å². The van der Waals surface area contributed by atoms with E-state index in [9.17, 15) is 9.90 Å². The molecule has 0 spiro atoms. The molecule has 42 heavy (non-hydrogen) atoms. The fourth-order valence-corrected chi connectivity index (χ4v) is 6.85. The van der Waals surface area contributed by atoms with Crippen LogP contribution < -0.4 is 4.74 Å². The van der Waals surface area contributed by atoms with Crippen molar-refractivity contribution in [2.75, 3.05) is 0 Å². The summed E-state index contributed by atoms with van der Waals surface area (Å²) in [6, 6.07) is 7.71. The van der Waals surface area contributed by atoms with E-state index >= 15 is 0 Å². The minimum absolute atomic E-state index is 0.0979. The molecule has 0 amide bonds. The van der Waals surface area contributed by atoms with Crippen molar-refractivity contribution in [1.29, 1.82) is 0 Å². The highest BCUT2D eigenvalue weighted by molar-refractivity contribution is 6.38. The normalized spacial score (nSPS) is 18.9. The molecule has 8 nitrogen and oxygen atoms in total. The first-order valence-electron chi connectivity index (χ1n) is 14.2. The Morgan fingerprint density at radius 2 is 1.67 bits per heavy atom. The predicted molar refractivity (Wildman–Crippen MR) is 161 cm³/mol. The van der Waals surface area contributed by atoms with Crippen LogP contribution in [0.15, 0.2) is 41.2 Å². The average molecular weight is 630 g/mol. The summed E-state index contributed by atoms with van der Waals surface area (Å²) >= 11 is 19.7.